The van der Waals surface area contributed by atoms with Crippen molar-refractivity contribution >= 4 is 11.8 Å². The third kappa shape index (κ3) is 7.14. The first-order chi connectivity index (χ1) is 9.78. The van der Waals surface area contributed by atoms with Gasteiger partial charge in [-0.1, -0.05) is 0 Å². The van der Waals surface area contributed by atoms with Crippen molar-refractivity contribution < 1.29 is 27.5 Å². The second kappa shape index (κ2) is 7.46. The zero-order chi connectivity index (χ0) is 15.9. The number of hydrogen-bond acceptors (Lipinski definition) is 4. The summed E-state index contributed by atoms with van der Waals surface area (Å²) in [4.78, 5) is 25.7. The molecule has 0 unspecified atom stereocenters. The fourth-order valence-electron chi connectivity index (χ4n) is 1.32. The van der Waals surface area contributed by atoms with Crippen LogP contribution in [0.5, 0.6) is 5.88 Å². The van der Waals surface area contributed by atoms with Gasteiger partial charge in [-0.25, -0.2) is 4.98 Å². The summed E-state index contributed by atoms with van der Waals surface area (Å²) < 4.78 is 40.2. The predicted molar refractivity (Wildman–Crippen MR) is 66.5 cm³/mol. The number of carbonyl (C=O) groups is 2. The maximum atomic E-state index is 11.9. The van der Waals surface area contributed by atoms with E-state index in [-0.39, 0.29) is 24.4 Å². The number of carbonyl (C=O) groups excluding carboxylic acids is 2. The molecule has 0 fully saturated rings. The van der Waals surface area contributed by atoms with Gasteiger partial charge in [-0.05, 0) is 12.5 Å². The van der Waals surface area contributed by atoms with Crippen molar-refractivity contribution in [1.82, 2.24) is 10.3 Å². The van der Waals surface area contributed by atoms with E-state index in [0.717, 1.165) is 6.20 Å². The Morgan fingerprint density at radius 1 is 1.33 bits per heavy atom. The Morgan fingerprint density at radius 2 is 2.05 bits per heavy atom. The molecule has 116 valence electrons. The molecule has 0 atom stereocenters. The summed E-state index contributed by atoms with van der Waals surface area (Å²) >= 11 is 0. The van der Waals surface area contributed by atoms with E-state index in [1.807, 2.05) is 0 Å². The fraction of sp³-hybridized carbons (Fsp3) is 0.417. The molecule has 0 aliphatic carbocycles. The number of ether oxygens (including phenoxy) is 1. The number of hydrogen-bond donors (Lipinski definition) is 2. The third-order valence-corrected chi connectivity index (χ3v) is 2.27. The normalized spacial score (nSPS) is 11.0. The number of rotatable bonds is 7. The number of halogens is 3. The molecule has 0 aliphatic heterocycles. The third-order valence-electron chi connectivity index (χ3n) is 2.27. The van der Waals surface area contributed by atoms with Crippen molar-refractivity contribution in [2.45, 2.75) is 19.0 Å². The summed E-state index contributed by atoms with van der Waals surface area (Å²) in [7, 11) is 0. The minimum absolute atomic E-state index is 0.156. The quantitative estimate of drug-likeness (QED) is 0.735. The molecule has 9 heteroatoms. The van der Waals surface area contributed by atoms with Gasteiger partial charge in [-0.3, -0.25) is 9.59 Å². The lowest BCUT2D eigenvalue weighted by atomic mass is 10.2. The van der Waals surface area contributed by atoms with Crippen molar-refractivity contribution in [1.29, 1.82) is 0 Å². The molecule has 0 aliphatic rings. The van der Waals surface area contributed by atoms with Crippen molar-refractivity contribution in [3.8, 4) is 5.88 Å². The summed E-state index contributed by atoms with van der Waals surface area (Å²) in [6.45, 7) is -1.19. The Kier molecular flexibility index (Phi) is 5.94. The fourth-order valence-corrected chi connectivity index (χ4v) is 1.32. The van der Waals surface area contributed by atoms with Crippen LogP contribution in [0.2, 0.25) is 0 Å². The van der Waals surface area contributed by atoms with Gasteiger partial charge in [0, 0.05) is 25.2 Å². The Balaban J connectivity index is 2.42. The van der Waals surface area contributed by atoms with Crippen LogP contribution in [0.1, 0.15) is 23.2 Å². The molecule has 2 amide bonds. The second-order valence-corrected chi connectivity index (χ2v) is 4.11. The average Bonchev–Trinajstić information content (AvgIpc) is 2.40. The minimum atomic E-state index is -4.45. The van der Waals surface area contributed by atoms with E-state index in [9.17, 15) is 22.8 Å². The highest BCUT2D eigenvalue weighted by molar-refractivity contribution is 5.93. The second-order valence-electron chi connectivity index (χ2n) is 4.11. The van der Waals surface area contributed by atoms with Gasteiger partial charge in [-0.15, -0.1) is 0 Å². The van der Waals surface area contributed by atoms with E-state index in [4.69, 9.17) is 5.73 Å². The highest BCUT2D eigenvalue weighted by atomic mass is 19.4. The number of aromatic nitrogens is 1. The highest BCUT2D eigenvalue weighted by Gasteiger charge is 2.28. The van der Waals surface area contributed by atoms with Crippen LogP contribution in [-0.4, -0.2) is 36.1 Å². The van der Waals surface area contributed by atoms with Crippen molar-refractivity contribution in [3.63, 3.8) is 0 Å². The van der Waals surface area contributed by atoms with Crippen LogP contribution >= 0.6 is 0 Å². The standard InChI is InChI=1S/C12H14F3N3O3/c13-12(14,15)7-21-10-4-3-8(6-18-10)11(20)17-5-1-2-9(16)19/h3-4,6H,1-2,5,7H2,(H2,16,19)(H,17,20). The van der Waals surface area contributed by atoms with E-state index in [2.05, 4.69) is 15.0 Å². The van der Waals surface area contributed by atoms with Crippen LogP contribution < -0.4 is 15.8 Å². The van der Waals surface area contributed by atoms with Gasteiger partial charge in [0.2, 0.25) is 11.8 Å². The molecule has 1 heterocycles. The number of primary amides is 1. The molecule has 3 N–H and O–H groups in total. The first kappa shape index (κ1) is 16.7. The number of nitrogens with two attached hydrogens (primary N) is 1. The molecule has 0 bridgehead atoms. The summed E-state index contributed by atoms with van der Waals surface area (Å²) in [5.74, 6) is -1.14. The molecule has 1 aromatic rings. The summed E-state index contributed by atoms with van der Waals surface area (Å²) in [6.07, 6.45) is -2.78. The molecule has 0 saturated carbocycles. The van der Waals surface area contributed by atoms with E-state index in [1.54, 1.807) is 0 Å². The number of nitrogens with zero attached hydrogens (tertiary/aromatic N) is 1. The van der Waals surface area contributed by atoms with Crippen molar-refractivity contribution in [2.24, 2.45) is 5.73 Å². The SMILES string of the molecule is NC(=O)CCCNC(=O)c1ccc(OCC(F)(F)F)nc1. The average molecular weight is 305 g/mol. The van der Waals surface area contributed by atoms with E-state index in [1.165, 1.54) is 12.1 Å². The first-order valence-corrected chi connectivity index (χ1v) is 6.00. The predicted octanol–water partition coefficient (Wildman–Crippen LogP) is 1.02. The maximum absolute atomic E-state index is 11.9. The van der Waals surface area contributed by atoms with Crippen LogP contribution in [0, 0.1) is 0 Å². The summed E-state index contributed by atoms with van der Waals surface area (Å²) in [5.41, 5.74) is 5.12. The van der Waals surface area contributed by atoms with E-state index < -0.39 is 24.6 Å². The number of pyridine rings is 1. The minimum Gasteiger partial charge on any atom is -0.468 e. The molecule has 1 aromatic heterocycles. The lowest BCUT2D eigenvalue weighted by Gasteiger charge is -2.08. The van der Waals surface area contributed by atoms with Gasteiger partial charge in [0.05, 0.1) is 5.56 Å². The van der Waals surface area contributed by atoms with Crippen LogP contribution in [0.15, 0.2) is 18.3 Å². The lowest BCUT2D eigenvalue weighted by molar-refractivity contribution is -0.154. The smallest absolute Gasteiger partial charge is 0.422 e. The molecule has 0 saturated heterocycles. The Hall–Kier alpha value is -2.32. The maximum Gasteiger partial charge on any atom is 0.422 e. The monoisotopic (exact) mass is 305 g/mol. The van der Waals surface area contributed by atoms with Crippen molar-refractivity contribution in [2.75, 3.05) is 13.2 Å². The number of nitrogens with one attached hydrogen (secondary N) is 1. The van der Waals surface area contributed by atoms with Gasteiger partial charge in [-0.2, -0.15) is 13.2 Å². The Labute approximate surface area is 118 Å². The number of amides is 2. The molecular formula is C12H14F3N3O3. The summed E-state index contributed by atoms with van der Waals surface area (Å²) in [5, 5.41) is 2.52. The van der Waals surface area contributed by atoms with Crippen molar-refractivity contribution in [3.05, 3.63) is 23.9 Å². The Morgan fingerprint density at radius 3 is 2.57 bits per heavy atom. The highest BCUT2D eigenvalue weighted by Crippen LogP contribution is 2.16. The first-order valence-electron chi connectivity index (χ1n) is 6.00. The van der Waals surface area contributed by atoms with E-state index >= 15 is 0 Å². The number of alkyl halides is 3. The van der Waals surface area contributed by atoms with E-state index in [0.29, 0.717) is 6.42 Å². The zero-order valence-electron chi connectivity index (χ0n) is 10.9. The molecule has 0 aromatic carbocycles. The molecule has 0 spiro atoms. The summed E-state index contributed by atoms with van der Waals surface area (Å²) in [6, 6.07) is 2.46. The lowest BCUT2D eigenvalue weighted by Crippen LogP contribution is -2.25. The zero-order valence-corrected chi connectivity index (χ0v) is 10.9. The van der Waals surface area contributed by atoms with Gasteiger partial charge in [0.15, 0.2) is 6.61 Å². The van der Waals surface area contributed by atoms with Gasteiger partial charge < -0.3 is 15.8 Å². The van der Waals surface area contributed by atoms with Crippen LogP contribution in [0.4, 0.5) is 13.2 Å². The van der Waals surface area contributed by atoms with Gasteiger partial charge in [0.1, 0.15) is 0 Å². The molecular weight excluding hydrogens is 291 g/mol. The van der Waals surface area contributed by atoms with Gasteiger partial charge in [0.25, 0.3) is 5.91 Å². The topological polar surface area (TPSA) is 94.3 Å². The van der Waals surface area contributed by atoms with Crippen LogP contribution in [-0.2, 0) is 4.79 Å². The molecule has 0 radical (unpaired) electrons. The molecule has 1 rings (SSSR count). The molecule has 6 nitrogen and oxygen atoms in total. The van der Waals surface area contributed by atoms with Crippen LogP contribution in [0.25, 0.3) is 0 Å². The van der Waals surface area contributed by atoms with Gasteiger partial charge >= 0.3 is 6.18 Å². The van der Waals surface area contributed by atoms with Crippen LogP contribution in [0.3, 0.4) is 0 Å². The largest absolute Gasteiger partial charge is 0.468 e. The Bertz CT molecular complexity index is 489. The molecule has 21 heavy (non-hydrogen) atoms.